The molecule has 5 nitrogen and oxygen atoms in total. The Morgan fingerprint density at radius 2 is 2.11 bits per heavy atom. The van der Waals surface area contributed by atoms with Crippen molar-refractivity contribution in [2.45, 2.75) is 26.4 Å². The second-order valence-corrected chi connectivity index (χ2v) is 4.65. The van der Waals surface area contributed by atoms with Crippen LogP contribution in [0.1, 0.15) is 25.6 Å². The zero-order valence-corrected chi connectivity index (χ0v) is 10.9. The van der Waals surface area contributed by atoms with E-state index in [9.17, 15) is 0 Å². The lowest BCUT2D eigenvalue weighted by molar-refractivity contribution is 0.557. The molecular formula is C13H17N5. The van der Waals surface area contributed by atoms with Gasteiger partial charge in [-0.1, -0.05) is 12.1 Å². The van der Waals surface area contributed by atoms with Crippen molar-refractivity contribution in [2.75, 3.05) is 17.7 Å². The number of aromatic nitrogens is 3. The minimum absolute atomic E-state index is 0.192. The largest absolute Gasteiger partial charge is 0.397 e. The molecule has 2 heterocycles. The summed E-state index contributed by atoms with van der Waals surface area (Å²) in [5.41, 5.74) is 11.0. The molecule has 0 radical (unpaired) electrons. The van der Waals surface area contributed by atoms with Crippen molar-refractivity contribution in [2.24, 2.45) is 0 Å². The molecule has 2 aromatic rings. The molecule has 94 valence electrons. The van der Waals surface area contributed by atoms with E-state index in [1.165, 1.54) is 0 Å². The third kappa shape index (κ3) is 1.33. The van der Waals surface area contributed by atoms with Gasteiger partial charge < -0.3 is 10.6 Å². The van der Waals surface area contributed by atoms with Gasteiger partial charge in [0.25, 0.3) is 0 Å². The van der Waals surface area contributed by atoms with Gasteiger partial charge in [-0.15, -0.1) is 0 Å². The molecular weight excluding hydrogens is 226 g/mol. The molecule has 0 saturated carbocycles. The number of benzene rings is 1. The van der Waals surface area contributed by atoms with Crippen LogP contribution in [0.4, 0.5) is 11.4 Å². The first-order chi connectivity index (χ1) is 8.63. The highest BCUT2D eigenvalue weighted by atomic mass is 15.5. The fourth-order valence-electron chi connectivity index (χ4n) is 2.50. The van der Waals surface area contributed by atoms with Gasteiger partial charge in [0.2, 0.25) is 0 Å². The van der Waals surface area contributed by atoms with E-state index in [-0.39, 0.29) is 6.04 Å². The summed E-state index contributed by atoms with van der Waals surface area (Å²) in [5, 5.41) is 9.11. The van der Waals surface area contributed by atoms with Crippen LogP contribution in [0, 0.1) is 0 Å². The molecule has 3 rings (SSSR count). The number of nitrogen functional groups attached to an aromatic ring is 1. The SMILES string of the molecule is CCn1nc2c(n1)C(C)N(C)c1c(N)cccc1-2. The Bertz CT molecular complexity index is 601. The smallest absolute Gasteiger partial charge is 0.120 e. The molecule has 0 fully saturated rings. The molecule has 5 heteroatoms. The van der Waals surface area contributed by atoms with Crippen molar-refractivity contribution in [3.63, 3.8) is 0 Å². The van der Waals surface area contributed by atoms with Crippen molar-refractivity contribution in [3.8, 4) is 11.3 Å². The summed E-state index contributed by atoms with van der Waals surface area (Å²) in [6, 6.07) is 6.14. The van der Waals surface area contributed by atoms with Crippen molar-refractivity contribution in [3.05, 3.63) is 23.9 Å². The summed E-state index contributed by atoms with van der Waals surface area (Å²) in [6.45, 7) is 4.95. The normalized spacial score (nSPS) is 17.5. The minimum Gasteiger partial charge on any atom is -0.397 e. The van der Waals surface area contributed by atoms with Gasteiger partial charge in [-0.25, -0.2) is 0 Å². The van der Waals surface area contributed by atoms with Crippen LogP contribution in [0.15, 0.2) is 18.2 Å². The number of para-hydroxylation sites is 1. The monoisotopic (exact) mass is 243 g/mol. The summed E-state index contributed by atoms with van der Waals surface area (Å²) in [4.78, 5) is 3.91. The Kier molecular flexibility index (Phi) is 2.29. The Hall–Kier alpha value is -2.04. The van der Waals surface area contributed by atoms with Gasteiger partial charge in [0.05, 0.1) is 24.0 Å². The summed E-state index contributed by atoms with van der Waals surface area (Å²) in [7, 11) is 2.05. The lowest BCUT2D eigenvalue weighted by atomic mass is 9.97. The molecule has 1 unspecified atom stereocenters. The maximum Gasteiger partial charge on any atom is 0.120 e. The van der Waals surface area contributed by atoms with Gasteiger partial charge in [0.15, 0.2) is 0 Å². The van der Waals surface area contributed by atoms with Crippen LogP contribution in [0.2, 0.25) is 0 Å². The lowest BCUT2D eigenvalue weighted by Crippen LogP contribution is -2.27. The van der Waals surface area contributed by atoms with Gasteiger partial charge in [0, 0.05) is 12.6 Å². The second-order valence-electron chi connectivity index (χ2n) is 4.65. The highest BCUT2D eigenvalue weighted by Gasteiger charge is 2.31. The van der Waals surface area contributed by atoms with Crippen LogP contribution < -0.4 is 10.6 Å². The number of hydrogen-bond donors (Lipinski definition) is 1. The zero-order valence-electron chi connectivity index (χ0n) is 10.9. The number of nitrogens with two attached hydrogens (primary N) is 1. The molecule has 0 spiro atoms. The first-order valence-corrected chi connectivity index (χ1v) is 6.20. The fraction of sp³-hybridized carbons (Fsp3) is 0.385. The van der Waals surface area contributed by atoms with Gasteiger partial charge in [-0.2, -0.15) is 15.0 Å². The van der Waals surface area contributed by atoms with Gasteiger partial charge >= 0.3 is 0 Å². The molecule has 1 atom stereocenters. The van der Waals surface area contributed by atoms with Crippen LogP contribution in [0.25, 0.3) is 11.3 Å². The third-order valence-electron chi connectivity index (χ3n) is 3.62. The van der Waals surface area contributed by atoms with E-state index in [0.29, 0.717) is 0 Å². The Balaban J connectivity index is 2.30. The van der Waals surface area contributed by atoms with E-state index < -0.39 is 0 Å². The van der Waals surface area contributed by atoms with Crippen molar-refractivity contribution >= 4 is 11.4 Å². The van der Waals surface area contributed by atoms with E-state index in [1.54, 1.807) is 4.80 Å². The average Bonchev–Trinajstić information content (AvgIpc) is 2.80. The number of nitrogens with zero attached hydrogens (tertiary/aromatic N) is 4. The molecule has 1 aromatic carbocycles. The summed E-state index contributed by atoms with van der Waals surface area (Å²) < 4.78 is 0. The number of aryl methyl sites for hydroxylation is 1. The van der Waals surface area contributed by atoms with Crippen LogP contribution in [-0.4, -0.2) is 22.0 Å². The van der Waals surface area contributed by atoms with E-state index in [1.807, 2.05) is 26.1 Å². The molecule has 0 aliphatic carbocycles. The van der Waals surface area contributed by atoms with Gasteiger partial charge in [0.1, 0.15) is 11.4 Å². The van der Waals surface area contributed by atoms with Crippen LogP contribution >= 0.6 is 0 Å². The number of fused-ring (bicyclic) bond motifs is 3. The molecule has 18 heavy (non-hydrogen) atoms. The highest BCUT2D eigenvalue weighted by molar-refractivity contribution is 5.88. The molecule has 1 aliphatic heterocycles. The van der Waals surface area contributed by atoms with Gasteiger partial charge in [-0.05, 0) is 19.9 Å². The Labute approximate surface area is 106 Å². The fourth-order valence-corrected chi connectivity index (χ4v) is 2.50. The van der Waals surface area contributed by atoms with Crippen molar-refractivity contribution < 1.29 is 0 Å². The average molecular weight is 243 g/mol. The second kappa shape index (κ2) is 3.73. The molecule has 0 bridgehead atoms. The van der Waals surface area contributed by atoms with E-state index >= 15 is 0 Å². The summed E-state index contributed by atoms with van der Waals surface area (Å²) >= 11 is 0. The molecule has 0 amide bonds. The van der Waals surface area contributed by atoms with E-state index in [2.05, 4.69) is 28.1 Å². The maximum absolute atomic E-state index is 6.09. The third-order valence-corrected chi connectivity index (χ3v) is 3.62. The first-order valence-electron chi connectivity index (χ1n) is 6.20. The van der Waals surface area contributed by atoms with Crippen molar-refractivity contribution in [1.29, 1.82) is 0 Å². The molecule has 0 saturated heterocycles. The molecule has 1 aliphatic rings. The molecule has 1 aromatic heterocycles. The van der Waals surface area contributed by atoms with Crippen molar-refractivity contribution in [1.82, 2.24) is 15.0 Å². The van der Waals surface area contributed by atoms with Crippen LogP contribution in [0.5, 0.6) is 0 Å². The summed E-state index contributed by atoms with van der Waals surface area (Å²) in [5.74, 6) is 0. The zero-order chi connectivity index (χ0) is 12.9. The maximum atomic E-state index is 6.09. The van der Waals surface area contributed by atoms with Gasteiger partial charge in [-0.3, -0.25) is 0 Å². The standard InChI is InChI=1S/C13H17N5/c1-4-18-15-11-8(2)17(3)13-9(12(11)16-18)6-5-7-10(13)14/h5-8H,4,14H2,1-3H3. The highest BCUT2D eigenvalue weighted by Crippen LogP contribution is 2.44. The van der Waals surface area contributed by atoms with E-state index in [4.69, 9.17) is 5.73 Å². The quantitative estimate of drug-likeness (QED) is 0.779. The van der Waals surface area contributed by atoms with E-state index in [0.717, 1.165) is 34.9 Å². The number of hydrogen-bond acceptors (Lipinski definition) is 4. The number of rotatable bonds is 1. The number of anilines is 2. The minimum atomic E-state index is 0.192. The lowest BCUT2D eigenvalue weighted by Gasteiger charge is -2.32. The Morgan fingerprint density at radius 3 is 2.83 bits per heavy atom. The summed E-state index contributed by atoms with van der Waals surface area (Å²) in [6.07, 6.45) is 0. The molecule has 2 N–H and O–H groups in total. The first kappa shape index (κ1) is 11.1. The Morgan fingerprint density at radius 1 is 1.33 bits per heavy atom. The van der Waals surface area contributed by atoms with Crippen LogP contribution in [-0.2, 0) is 6.54 Å². The topological polar surface area (TPSA) is 60.0 Å². The predicted molar refractivity (Wildman–Crippen MR) is 72.4 cm³/mol. The van der Waals surface area contributed by atoms with Crippen LogP contribution in [0.3, 0.4) is 0 Å². The predicted octanol–water partition coefficient (Wildman–Crippen LogP) is 2.06.